The average molecular weight is 404 g/mol. The molecule has 0 aliphatic carbocycles. The fourth-order valence-corrected chi connectivity index (χ4v) is 2.61. The number of nitrogen functional groups attached to an aromatic ring is 1. The summed E-state index contributed by atoms with van der Waals surface area (Å²) in [6.07, 6.45) is -1.13. The average Bonchev–Trinajstić information content (AvgIpc) is 3.01. The number of nitrogens with zero attached hydrogens (tertiary/aromatic N) is 3. The van der Waals surface area contributed by atoms with E-state index in [1.807, 2.05) is 6.92 Å². The van der Waals surface area contributed by atoms with Crippen LogP contribution in [-0.2, 0) is 12.8 Å². The van der Waals surface area contributed by atoms with Crippen LogP contribution in [0.25, 0.3) is 0 Å². The van der Waals surface area contributed by atoms with Crippen molar-refractivity contribution in [2.24, 2.45) is 5.10 Å². The number of imidazole rings is 1. The molecule has 2 aromatic carbocycles. The summed E-state index contributed by atoms with van der Waals surface area (Å²) in [5.74, 6) is 1.10. The van der Waals surface area contributed by atoms with E-state index in [0.29, 0.717) is 17.1 Å². The minimum Gasteiger partial charge on any atom is -0.493 e. The van der Waals surface area contributed by atoms with E-state index in [4.69, 9.17) is 15.2 Å². The van der Waals surface area contributed by atoms with Crippen molar-refractivity contribution in [3.8, 4) is 11.5 Å². The number of benzene rings is 2. The lowest BCUT2D eigenvalue weighted by Crippen LogP contribution is -2.06. The van der Waals surface area contributed by atoms with Gasteiger partial charge in [0.25, 0.3) is 0 Å². The first kappa shape index (κ1) is 20.2. The molecule has 3 rings (SSSR count). The Kier molecular flexibility index (Phi) is 5.76. The van der Waals surface area contributed by atoms with E-state index in [0.717, 1.165) is 23.4 Å². The first-order valence-corrected chi connectivity index (χ1v) is 8.59. The monoisotopic (exact) mass is 404 g/mol. The molecule has 0 bridgehead atoms. The van der Waals surface area contributed by atoms with Gasteiger partial charge in [-0.05, 0) is 48.4 Å². The summed E-state index contributed by atoms with van der Waals surface area (Å²) in [7, 11) is 1.48. The third kappa shape index (κ3) is 5.07. The number of hydrogen-bond acceptors (Lipinski definition) is 5. The van der Waals surface area contributed by atoms with Crippen molar-refractivity contribution in [1.82, 2.24) is 9.66 Å². The molecule has 0 aliphatic rings. The van der Waals surface area contributed by atoms with Gasteiger partial charge in [0.1, 0.15) is 6.61 Å². The molecule has 29 heavy (non-hydrogen) atoms. The SMILES string of the molecule is COc1cc(C=Nn2cc(C)nc2N)ccc1OCc1cccc(C(F)(F)F)c1. The van der Waals surface area contributed by atoms with Gasteiger partial charge in [0.15, 0.2) is 11.5 Å². The molecule has 3 aromatic rings. The van der Waals surface area contributed by atoms with Gasteiger partial charge in [0.05, 0.1) is 30.8 Å². The maximum atomic E-state index is 12.8. The molecule has 0 saturated heterocycles. The molecule has 2 N–H and O–H groups in total. The Morgan fingerprint density at radius 2 is 1.97 bits per heavy atom. The highest BCUT2D eigenvalue weighted by Crippen LogP contribution is 2.31. The normalized spacial score (nSPS) is 11.8. The second-order valence-electron chi connectivity index (χ2n) is 6.23. The number of aryl methyl sites for hydroxylation is 1. The number of alkyl halides is 3. The predicted octanol–water partition coefficient (Wildman–Crippen LogP) is 4.26. The van der Waals surface area contributed by atoms with Gasteiger partial charge in [-0.15, -0.1) is 0 Å². The number of aromatic nitrogens is 2. The molecule has 0 fully saturated rings. The quantitative estimate of drug-likeness (QED) is 0.623. The van der Waals surface area contributed by atoms with E-state index in [9.17, 15) is 13.2 Å². The maximum absolute atomic E-state index is 12.8. The number of hydrogen-bond donors (Lipinski definition) is 1. The predicted molar refractivity (Wildman–Crippen MR) is 103 cm³/mol. The van der Waals surface area contributed by atoms with Gasteiger partial charge in [-0.1, -0.05) is 12.1 Å². The summed E-state index contributed by atoms with van der Waals surface area (Å²) in [6.45, 7) is 1.78. The Morgan fingerprint density at radius 1 is 1.17 bits per heavy atom. The van der Waals surface area contributed by atoms with Gasteiger partial charge in [-0.3, -0.25) is 0 Å². The lowest BCUT2D eigenvalue weighted by Gasteiger charge is -2.12. The van der Waals surface area contributed by atoms with Crippen LogP contribution in [0.15, 0.2) is 53.8 Å². The van der Waals surface area contributed by atoms with E-state index in [2.05, 4.69) is 10.1 Å². The number of ether oxygens (including phenoxy) is 2. The topological polar surface area (TPSA) is 74.7 Å². The van der Waals surface area contributed by atoms with Gasteiger partial charge in [0, 0.05) is 0 Å². The number of nitrogens with two attached hydrogens (primary N) is 1. The van der Waals surface area contributed by atoms with E-state index < -0.39 is 11.7 Å². The maximum Gasteiger partial charge on any atom is 0.416 e. The lowest BCUT2D eigenvalue weighted by atomic mass is 10.1. The zero-order chi connectivity index (χ0) is 21.0. The smallest absolute Gasteiger partial charge is 0.416 e. The zero-order valence-electron chi connectivity index (χ0n) is 15.8. The first-order valence-electron chi connectivity index (χ1n) is 8.59. The molecular weight excluding hydrogens is 385 g/mol. The molecule has 0 saturated carbocycles. The van der Waals surface area contributed by atoms with Crippen molar-refractivity contribution in [1.29, 1.82) is 0 Å². The van der Waals surface area contributed by atoms with Gasteiger partial charge in [-0.25, -0.2) is 9.66 Å². The molecule has 0 spiro atoms. The Labute approximate surface area is 165 Å². The standard InChI is InChI=1S/C20H19F3N4O2/c1-13-11-27(19(24)26-13)25-10-14-6-7-17(18(9-14)28-2)29-12-15-4-3-5-16(8-15)20(21,22)23/h3-11H,12H2,1-2H3,(H2,24,26). The minimum absolute atomic E-state index is 0.0292. The first-order chi connectivity index (χ1) is 13.8. The van der Waals surface area contributed by atoms with Crippen molar-refractivity contribution < 1.29 is 22.6 Å². The minimum atomic E-state index is -4.40. The van der Waals surface area contributed by atoms with Crippen LogP contribution in [0, 0.1) is 6.92 Å². The number of methoxy groups -OCH3 is 1. The fourth-order valence-electron chi connectivity index (χ4n) is 2.61. The molecule has 6 nitrogen and oxygen atoms in total. The second-order valence-corrected chi connectivity index (χ2v) is 6.23. The van der Waals surface area contributed by atoms with Crippen molar-refractivity contribution in [2.45, 2.75) is 19.7 Å². The molecule has 9 heteroatoms. The van der Waals surface area contributed by atoms with Gasteiger partial charge in [-0.2, -0.15) is 18.3 Å². The van der Waals surface area contributed by atoms with Crippen LogP contribution in [0.4, 0.5) is 19.1 Å². The van der Waals surface area contributed by atoms with Gasteiger partial charge in [0.2, 0.25) is 5.95 Å². The number of halogens is 3. The van der Waals surface area contributed by atoms with E-state index >= 15 is 0 Å². The Morgan fingerprint density at radius 3 is 2.62 bits per heavy atom. The summed E-state index contributed by atoms with van der Waals surface area (Å²) in [5, 5.41) is 4.23. The highest BCUT2D eigenvalue weighted by atomic mass is 19.4. The lowest BCUT2D eigenvalue weighted by molar-refractivity contribution is -0.137. The molecule has 152 valence electrons. The molecule has 0 radical (unpaired) electrons. The molecule has 1 aromatic heterocycles. The highest BCUT2D eigenvalue weighted by molar-refractivity contribution is 5.81. The van der Waals surface area contributed by atoms with Crippen LogP contribution < -0.4 is 15.2 Å². The van der Waals surface area contributed by atoms with Crippen LogP contribution in [0.5, 0.6) is 11.5 Å². The molecule has 1 heterocycles. The van der Waals surface area contributed by atoms with Crippen LogP contribution in [0.3, 0.4) is 0 Å². The molecular formula is C20H19F3N4O2. The Balaban J connectivity index is 1.73. The fraction of sp³-hybridized carbons (Fsp3) is 0.200. The van der Waals surface area contributed by atoms with E-state index in [-0.39, 0.29) is 12.6 Å². The van der Waals surface area contributed by atoms with Gasteiger partial charge < -0.3 is 15.2 Å². The largest absolute Gasteiger partial charge is 0.493 e. The van der Waals surface area contributed by atoms with Crippen LogP contribution in [0.1, 0.15) is 22.4 Å². The van der Waals surface area contributed by atoms with E-state index in [1.165, 1.54) is 17.9 Å². The van der Waals surface area contributed by atoms with E-state index in [1.54, 1.807) is 36.7 Å². The second kappa shape index (κ2) is 8.26. The molecule has 0 atom stereocenters. The molecule has 0 unspecified atom stereocenters. The summed E-state index contributed by atoms with van der Waals surface area (Å²) >= 11 is 0. The van der Waals surface area contributed by atoms with Crippen LogP contribution in [0.2, 0.25) is 0 Å². The van der Waals surface area contributed by atoms with Crippen molar-refractivity contribution in [3.63, 3.8) is 0 Å². The number of rotatable bonds is 6. The van der Waals surface area contributed by atoms with Crippen molar-refractivity contribution >= 4 is 12.2 Å². The van der Waals surface area contributed by atoms with Gasteiger partial charge >= 0.3 is 6.18 Å². The summed E-state index contributed by atoms with van der Waals surface area (Å²) in [6, 6.07) is 10.1. The Hall–Kier alpha value is -3.49. The van der Waals surface area contributed by atoms with Crippen molar-refractivity contribution in [3.05, 3.63) is 71.0 Å². The zero-order valence-corrected chi connectivity index (χ0v) is 15.8. The Bertz CT molecular complexity index is 1030. The van der Waals surface area contributed by atoms with Crippen LogP contribution in [-0.4, -0.2) is 23.0 Å². The summed E-state index contributed by atoms with van der Waals surface area (Å²) in [4.78, 5) is 4.06. The summed E-state index contributed by atoms with van der Waals surface area (Å²) in [5.41, 5.74) is 6.89. The third-order valence-electron chi connectivity index (χ3n) is 4.00. The van der Waals surface area contributed by atoms with Crippen molar-refractivity contribution in [2.75, 3.05) is 12.8 Å². The van der Waals surface area contributed by atoms with Crippen LogP contribution >= 0.6 is 0 Å². The summed E-state index contributed by atoms with van der Waals surface area (Å²) < 4.78 is 50.9. The molecule has 0 amide bonds. The molecule has 0 aliphatic heterocycles. The highest BCUT2D eigenvalue weighted by Gasteiger charge is 2.30. The third-order valence-corrected chi connectivity index (χ3v) is 4.00. The number of anilines is 1.